The number of hydrogen-bond acceptors (Lipinski definition) is 8. The number of ether oxygens (including phenoxy) is 1. The zero-order valence-electron chi connectivity index (χ0n) is 29.1. The number of sulfonamides is 1. The summed E-state index contributed by atoms with van der Waals surface area (Å²) in [5, 5.41) is 4.99. The second-order valence-electron chi connectivity index (χ2n) is 15.5. The van der Waals surface area contributed by atoms with E-state index in [1.165, 1.54) is 4.90 Å². The lowest BCUT2D eigenvalue weighted by molar-refractivity contribution is -0.141. The number of hydrogen-bond donors (Lipinski definition) is 3. The quantitative estimate of drug-likeness (QED) is 0.378. The van der Waals surface area contributed by atoms with E-state index in [4.69, 9.17) is 4.74 Å². The molecule has 3 heterocycles. The van der Waals surface area contributed by atoms with Crippen LogP contribution in [0.25, 0.3) is 0 Å². The van der Waals surface area contributed by atoms with Crippen LogP contribution in [-0.4, -0.2) is 83.0 Å². The van der Waals surface area contributed by atoms with Crippen LogP contribution in [0.5, 0.6) is 0 Å². The van der Waals surface area contributed by atoms with Crippen molar-refractivity contribution >= 4 is 39.7 Å². The lowest BCUT2D eigenvalue weighted by Gasteiger charge is -2.30. The number of carbonyl (C=O) groups is 5. The molecule has 0 unspecified atom stereocenters. The predicted molar refractivity (Wildman–Crippen MR) is 183 cm³/mol. The molecule has 1 saturated heterocycles. The van der Waals surface area contributed by atoms with Crippen molar-refractivity contribution < 1.29 is 37.1 Å². The first-order chi connectivity index (χ1) is 23.6. The zero-order chi connectivity index (χ0) is 35.8. The van der Waals surface area contributed by atoms with E-state index in [2.05, 4.69) is 15.4 Å². The average molecular weight is 712 g/mol. The Morgan fingerprint density at radius 1 is 1.02 bits per heavy atom. The van der Waals surface area contributed by atoms with E-state index < -0.39 is 68.2 Å². The molecule has 1 aromatic carbocycles. The van der Waals surface area contributed by atoms with Crippen molar-refractivity contribution in [3.63, 3.8) is 0 Å². The second kappa shape index (κ2) is 14.0. The molecule has 6 rings (SSSR count). The van der Waals surface area contributed by atoms with Crippen LogP contribution in [0.3, 0.4) is 0 Å². The van der Waals surface area contributed by atoms with Crippen LogP contribution < -0.4 is 15.4 Å². The molecule has 3 N–H and O–H groups in total. The summed E-state index contributed by atoms with van der Waals surface area (Å²) in [6, 6.07) is 5.86. The van der Waals surface area contributed by atoms with E-state index in [-0.39, 0.29) is 37.6 Å². The number of nitrogens with zero attached hydrogens (tertiary/aromatic N) is 2. The molecule has 2 aliphatic carbocycles. The van der Waals surface area contributed by atoms with E-state index in [9.17, 15) is 32.4 Å². The van der Waals surface area contributed by atoms with Crippen molar-refractivity contribution in [1.82, 2.24) is 25.2 Å². The molecule has 0 spiro atoms. The number of carbonyl (C=O) groups excluding carboxylic acids is 5. The Bertz CT molecular complexity index is 1640. The Labute approximate surface area is 294 Å². The molecular weight excluding hydrogens is 662 g/mol. The topological polar surface area (TPSA) is 171 Å². The highest BCUT2D eigenvalue weighted by atomic mass is 32.2. The summed E-state index contributed by atoms with van der Waals surface area (Å²) in [4.78, 5) is 71.8. The summed E-state index contributed by atoms with van der Waals surface area (Å²) in [6.07, 6.45) is 7.77. The molecule has 3 fully saturated rings. The Morgan fingerprint density at radius 3 is 2.38 bits per heavy atom. The van der Waals surface area contributed by atoms with Crippen LogP contribution in [0.15, 0.2) is 36.4 Å². The Morgan fingerprint density at radius 2 is 1.72 bits per heavy atom. The molecule has 14 heteroatoms. The van der Waals surface area contributed by atoms with Gasteiger partial charge in [-0.2, -0.15) is 0 Å². The van der Waals surface area contributed by atoms with E-state index in [1.54, 1.807) is 25.7 Å². The number of fused-ring (bicyclic) bond motifs is 3. The van der Waals surface area contributed by atoms with Gasteiger partial charge in [-0.15, -0.1) is 0 Å². The molecule has 0 radical (unpaired) electrons. The van der Waals surface area contributed by atoms with Crippen LogP contribution in [0.1, 0.15) is 96.1 Å². The van der Waals surface area contributed by atoms with Gasteiger partial charge in [-0.05, 0) is 82.8 Å². The lowest BCUT2D eigenvalue weighted by atomic mass is 10.00. The maximum Gasteiger partial charge on any atom is 0.408 e. The Hall–Kier alpha value is -3.94. The molecule has 5 amide bonds. The highest BCUT2D eigenvalue weighted by Gasteiger charge is 2.62. The summed E-state index contributed by atoms with van der Waals surface area (Å²) >= 11 is 0. The van der Waals surface area contributed by atoms with Gasteiger partial charge in [0.25, 0.3) is 5.91 Å². The SMILES string of the molecule is CC(C)(C)OC(=O)N[C@H]1CCCCC/C=C\[C@@H]2C[C@@]2(C(=O)NS(=O)(=O)C2CC2)NC(=O)[C@@H]2C[C@@H](CC(=O)N3Cc4ccccc4C3)CN2C1=O. The normalized spacial score (nSPS) is 29.3. The fourth-order valence-electron chi connectivity index (χ4n) is 7.37. The van der Waals surface area contributed by atoms with Gasteiger partial charge >= 0.3 is 6.09 Å². The molecule has 5 atom stereocenters. The van der Waals surface area contributed by atoms with Crippen molar-refractivity contribution in [2.24, 2.45) is 11.8 Å². The predicted octanol–water partition coefficient (Wildman–Crippen LogP) is 3.03. The number of alkyl carbamates (subject to hydrolysis) is 1. The molecule has 3 aliphatic heterocycles. The van der Waals surface area contributed by atoms with E-state index in [0.717, 1.165) is 24.0 Å². The molecule has 1 aromatic rings. The summed E-state index contributed by atoms with van der Waals surface area (Å²) in [5.74, 6) is -2.69. The third kappa shape index (κ3) is 8.16. The van der Waals surface area contributed by atoms with Gasteiger partial charge in [0, 0.05) is 32.0 Å². The van der Waals surface area contributed by atoms with Gasteiger partial charge in [0.15, 0.2) is 0 Å². The highest BCUT2D eigenvalue weighted by Crippen LogP contribution is 2.46. The first-order valence-electron chi connectivity index (χ1n) is 17.8. The minimum Gasteiger partial charge on any atom is -0.444 e. The third-order valence-corrected chi connectivity index (χ3v) is 12.1. The monoisotopic (exact) mass is 711 g/mol. The van der Waals surface area contributed by atoms with Gasteiger partial charge in [0.1, 0.15) is 23.2 Å². The van der Waals surface area contributed by atoms with Crippen molar-refractivity contribution in [2.45, 2.75) is 127 Å². The summed E-state index contributed by atoms with van der Waals surface area (Å²) in [7, 11) is -3.87. The summed E-state index contributed by atoms with van der Waals surface area (Å²) in [5.41, 5.74) is -0.0938. The van der Waals surface area contributed by atoms with E-state index in [1.807, 2.05) is 36.4 Å². The van der Waals surface area contributed by atoms with Crippen LogP contribution in [0.2, 0.25) is 0 Å². The third-order valence-electron chi connectivity index (χ3n) is 10.3. The van der Waals surface area contributed by atoms with Gasteiger partial charge in [-0.25, -0.2) is 13.2 Å². The van der Waals surface area contributed by atoms with Gasteiger partial charge in [-0.1, -0.05) is 49.3 Å². The van der Waals surface area contributed by atoms with Crippen molar-refractivity contribution in [1.29, 1.82) is 0 Å². The molecule has 0 bridgehead atoms. The van der Waals surface area contributed by atoms with Crippen LogP contribution in [0, 0.1) is 11.8 Å². The molecule has 2 saturated carbocycles. The smallest absolute Gasteiger partial charge is 0.408 e. The number of benzene rings is 1. The molecule has 272 valence electrons. The Kier molecular flexibility index (Phi) is 10.0. The van der Waals surface area contributed by atoms with Crippen molar-refractivity contribution in [3.05, 3.63) is 47.5 Å². The van der Waals surface area contributed by atoms with Crippen molar-refractivity contribution in [2.75, 3.05) is 6.54 Å². The number of rotatable bonds is 6. The maximum absolute atomic E-state index is 14.3. The number of nitrogens with one attached hydrogen (secondary N) is 3. The van der Waals surface area contributed by atoms with Crippen LogP contribution in [-0.2, 0) is 47.0 Å². The van der Waals surface area contributed by atoms with E-state index >= 15 is 0 Å². The minimum absolute atomic E-state index is 0.0845. The van der Waals surface area contributed by atoms with Crippen LogP contribution in [0.4, 0.5) is 4.79 Å². The van der Waals surface area contributed by atoms with Gasteiger partial charge < -0.3 is 25.2 Å². The molecule has 13 nitrogen and oxygen atoms in total. The highest BCUT2D eigenvalue weighted by molar-refractivity contribution is 7.91. The second-order valence-corrected chi connectivity index (χ2v) is 17.5. The standard InChI is InChI=1S/C36H49N5O8S/c1-35(2,3)49-34(46)37-28-14-8-6-4-5-7-13-26-19-36(26,33(45)39-50(47,48)27-15-16-27)38-31(43)29-17-23(20-41(29)32(28)44)18-30(42)40-21-24-11-9-10-12-25(24)22-40/h7,9-13,23,26-29H,4-6,8,14-22H2,1-3H3,(H,37,46)(H,38,43)(H,39,45)/b13-7-/t23-,26+,28-,29-,36+/m0/s1. The summed E-state index contributed by atoms with van der Waals surface area (Å²) in [6.45, 7) is 6.28. The molecule has 0 aromatic heterocycles. The summed E-state index contributed by atoms with van der Waals surface area (Å²) < 4.78 is 33.2. The largest absolute Gasteiger partial charge is 0.444 e. The van der Waals surface area contributed by atoms with Gasteiger partial charge in [-0.3, -0.25) is 23.9 Å². The van der Waals surface area contributed by atoms with E-state index in [0.29, 0.717) is 45.2 Å². The van der Waals surface area contributed by atoms with Gasteiger partial charge in [0.2, 0.25) is 27.7 Å². The number of allylic oxidation sites excluding steroid dienone is 1. The first kappa shape index (κ1) is 35.9. The Balaban J connectivity index is 1.25. The minimum atomic E-state index is -3.87. The number of amides is 5. The fourth-order valence-corrected chi connectivity index (χ4v) is 8.73. The van der Waals surface area contributed by atoms with Crippen LogP contribution >= 0.6 is 0 Å². The lowest BCUT2D eigenvalue weighted by Crippen LogP contribution is -2.58. The molecular formula is C36H49N5O8S. The maximum atomic E-state index is 14.3. The van der Waals surface area contributed by atoms with Crippen molar-refractivity contribution in [3.8, 4) is 0 Å². The fraction of sp³-hybridized carbons (Fsp3) is 0.639. The first-order valence-corrected chi connectivity index (χ1v) is 19.4. The van der Waals surface area contributed by atoms with Gasteiger partial charge in [0.05, 0.1) is 5.25 Å². The molecule has 5 aliphatic rings. The molecule has 50 heavy (non-hydrogen) atoms. The average Bonchev–Trinajstić information content (AvgIpc) is 3.92. The zero-order valence-corrected chi connectivity index (χ0v) is 29.9.